The molecule has 0 radical (unpaired) electrons. The van der Waals surface area contributed by atoms with E-state index in [-0.39, 0.29) is 0 Å². The van der Waals surface area contributed by atoms with E-state index in [2.05, 4.69) is 31.4 Å². The molecule has 2 aromatic carbocycles. The zero-order valence-electron chi connectivity index (χ0n) is 14.7. The molecule has 4 rings (SSSR count). The minimum atomic E-state index is -0.397. The van der Waals surface area contributed by atoms with Gasteiger partial charge < -0.3 is 9.15 Å². The van der Waals surface area contributed by atoms with Crippen molar-refractivity contribution in [3.05, 3.63) is 75.2 Å². The van der Waals surface area contributed by atoms with E-state index >= 15 is 0 Å². The van der Waals surface area contributed by atoms with Gasteiger partial charge in [0.05, 0.1) is 23.8 Å². The Kier molecular flexibility index (Phi) is 5.23. The van der Waals surface area contributed by atoms with Crippen LogP contribution in [0.4, 0.5) is 5.13 Å². The molecule has 28 heavy (non-hydrogen) atoms. The van der Waals surface area contributed by atoms with Gasteiger partial charge in [-0.25, -0.2) is 9.78 Å². The zero-order valence-corrected chi connectivity index (χ0v) is 17.1. The fourth-order valence-electron chi connectivity index (χ4n) is 2.57. The maximum Gasteiger partial charge on any atom is 0.345 e. The molecule has 140 valence electrons. The Bertz CT molecular complexity index is 1220. The van der Waals surface area contributed by atoms with Crippen molar-refractivity contribution in [3.8, 4) is 16.2 Å². The highest BCUT2D eigenvalue weighted by molar-refractivity contribution is 9.10. The molecule has 0 unspecified atom stereocenters. The van der Waals surface area contributed by atoms with Gasteiger partial charge in [-0.15, -0.1) is 0 Å². The van der Waals surface area contributed by atoms with E-state index in [4.69, 9.17) is 9.15 Å². The summed E-state index contributed by atoms with van der Waals surface area (Å²) in [4.78, 5) is 17.3. The predicted octanol–water partition coefficient (Wildman–Crippen LogP) is 5.13. The van der Waals surface area contributed by atoms with Gasteiger partial charge >= 0.3 is 5.63 Å². The van der Waals surface area contributed by atoms with Crippen molar-refractivity contribution in [1.82, 2.24) is 4.98 Å². The molecule has 8 heteroatoms. The molecule has 2 heterocycles. The molecule has 0 aliphatic carbocycles. The first-order valence-corrected chi connectivity index (χ1v) is 9.86. The van der Waals surface area contributed by atoms with Crippen LogP contribution in [0.3, 0.4) is 0 Å². The lowest BCUT2D eigenvalue weighted by Gasteiger charge is -2.00. The van der Waals surface area contributed by atoms with E-state index in [0.717, 1.165) is 21.2 Å². The number of rotatable bonds is 5. The highest BCUT2D eigenvalue weighted by atomic mass is 79.9. The summed E-state index contributed by atoms with van der Waals surface area (Å²) in [6, 6.07) is 14.8. The molecule has 0 fully saturated rings. The number of hydrogen-bond donors (Lipinski definition) is 1. The molecule has 0 aliphatic heterocycles. The van der Waals surface area contributed by atoms with Crippen molar-refractivity contribution < 1.29 is 9.15 Å². The van der Waals surface area contributed by atoms with Crippen molar-refractivity contribution in [2.45, 2.75) is 0 Å². The molecule has 4 aromatic rings. The van der Waals surface area contributed by atoms with Gasteiger partial charge in [-0.1, -0.05) is 27.3 Å². The molecule has 0 amide bonds. The molecule has 0 saturated heterocycles. The fraction of sp³-hybridized carbons (Fsp3) is 0.0500. The smallest absolute Gasteiger partial charge is 0.345 e. The lowest BCUT2D eigenvalue weighted by Crippen LogP contribution is -2.01. The van der Waals surface area contributed by atoms with Gasteiger partial charge in [-0.2, -0.15) is 5.10 Å². The Morgan fingerprint density at radius 1 is 1.21 bits per heavy atom. The van der Waals surface area contributed by atoms with E-state index in [1.807, 2.05) is 42.5 Å². The topological polar surface area (TPSA) is 76.7 Å². The SMILES string of the molecule is COc1ccc(/C=N/Nc2ncc(-c3cc4cc(Br)ccc4oc3=O)s2)cc1. The summed E-state index contributed by atoms with van der Waals surface area (Å²) >= 11 is 4.76. The van der Waals surface area contributed by atoms with Crippen molar-refractivity contribution in [3.63, 3.8) is 0 Å². The van der Waals surface area contributed by atoms with E-state index < -0.39 is 5.63 Å². The first-order chi connectivity index (χ1) is 13.6. The Balaban J connectivity index is 1.54. The van der Waals surface area contributed by atoms with Crippen molar-refractivity contribution >= 4 is 49.6 Å². The molecule has 0 saturated carbocycles. The van der Waals surface area contributed by atoms with Gasteiger partial charge in [0.2, 0.25) is 5.13 Å². The lowest BCUT2D eigenvalue weighted by atomic mass is 10.2. The van der Waals surface area contributed by atoms with E-state index in [1.54, 1.807) is 25.6 Å². The van der Waals surface area contributed by atoms with Crippen molar-refractivity contribution in [2.24, 2.45) is 5.10 Å². The Morgan fingerprint density at radius 3 is 2.82 bits per heavy atom. The van der Waals surface area contributed by atoms with Gasteiger partial charge in [0.25, 0.3) is 0 Å². The van der Waals surface area contributed by atoms with Crippen LogP contribution in [0.15, 0.2) is 73.5 Å². The molecule has 2 aromatic heterocycles. The molecule has 0 atom stereocenters. The first-order valence-electron chi connectivity index (χ1n) is 8.25. The number of ether oxygens (including phenoxy) is 1. The summed E-state index contributed by atoms with van der Waals surface area (Å²) in [5.41, 5.74) is 4.42. The third kappa shape index (κ3) is 3.97. The van der Waals surface area contributed by atoms with Gasteiger partial charge in [-0.3, -0.25) is 5.43 Å². The summed E-state index contributed by atoms with van der Waals surface area (Å²) in [5, 5.41) is 5.60. The second-order valence-electron chi connectivity index (χ2n) is 5.80. The van der Waals surface area contributed by atoms with E-state index in [0.29, 0.717) is 21.2 Å². The third-order valence-electron chi connectivity index (χ3n) is 3.96. The molecule has 6 nitrogen and oxygen atoms in total. The van der Waals surface area contributed by atoms with Crippen LogP contribution in [0, 0.1) is 0 Å². The number of nitrogens with zero attached hydrogens (tertiary/aromatic N) is 2. The number of thiazole rings is 1. The Labute approximate surface area is 172 Å². The van der Waals surface area contributed by atoms with Crippen LogP contribution in [-0.4, -0.2) is 18.3 Å². The number of methoxy groups -OCH3 is 1. The standard InChI is InChI=1S/C20H14BrN3O3S/c1-26-15-5-2-12(3-6-15)10-23-24-20-22-11-18(28-20)16-9-13-8-14(21)4-7-17(13)27-19(16)25/h2-11H,1H3,(H,22,24)/b23-10+. The second-order valence-corrected chi connectivity index (χ2v) is 7.75. The van der Waals surface area contributed by atoms with Crippen LogP contribution >= 0.6 is 27.3 Å². The van der Waals surface area contributed by atoms with Gasteiger partial charge in [0.15, 0.2) is 0 Å². The van der Waals surface area contributed by atoms with Gasteiger partial charge in [0.1, 0.15) is 11.3 Å². The first kappa shape index (κ1) is 18.4. The number of hydrazone groups is 1. The van der Waals surface area contributed by atoms with Crippen LogP contribution in [-0.2, 0) is 0 Å². The third-order valence-corrected chi connectivity index (χ3v) is 5.38. The van der Waals surface area contributed by atoms with Crippen LogP contribution in [0.2, 0.25) is 0 Å². The van der Waals surface area contributed by atoms with Crippen molar-refractivity contribution in [1.29, 1.82) is 0 Å². The predicted molar refractivity (Wildman–Crippen MR) is 116 cm³/mol. The quantitative estimate of drug-likeness (QED) is 0.256. The Hall–Kier alpha value is -2.97. The van der Waals surface area contributed by atoms with Gasteiger partial charge in [-0.05, 0) is 54.1 Å². The molecular formula is C20H14BrN3O3S. The normalized spacial score (nSPS) is 11.2. The molecule has 0 aliphatic rings. The Morgan fingerprint density at radius 2 is 2.04 bits per heavy atom. The van der Waals surface area contributed by atoms with Crippen LogP contribution in [0.5, 0.6) is 5.75 Å². The molecule has 1 N–H and O–H groups in total. The average molecular weight is 456 g/mol. The number of benzene rings is 2. The molecule has 0 bridgehead atoms. The number of aromatic nitrogens is 1. The second kappa shape index (κ2) is 7.95. The average Bonchev–Trinajstić information content (AvgIpc) is 3.17. The highest BCUT2D eigenvalue weighted by Crippen LogP contribution is 2.29. The summed E-state index contributed by atoms with van der Waals surface area (Å²) in [7, 11) is 1.62. The van der Waals surface area contributed by atoms with Crippen LogP contribution in [0.25, 0.3) is 21.4 Å². The molecular weight excluding hydrogens is 442 g/mol. The number of nitrogens with one attached hydrogen (secondary N) is 1. The minimum Gasteiger partial charge on any atom is -0.497 e. The number of halogens is 1. The number of hydrogen-bond acceptors (Lipinski definition) is 7. The lowest BCUT2D eigenvalue weighted by molar-refractivity contribution is 0.415. The monoisotopic (exact) mass is 455 g/mol. The maximum absolute atomic E-state index is 12.3. The summed E-state index contributed by atoms with van der Waals surface area (Å²) in [5.74, 6) is 0.788. The fourth-order valence-corrected chi connectivity index (χ4v) is 3.72. The largest absolute Gasteiger partial charge is 0.497 e. The molecule has 0 spiro atoms. The van der Waals surface area contributed by atoms with Gasteiger partial charge in [0, 0.05) is 16.1 Å². The highest BCUT2D eigenvalue weighted by Gasteiger charge is 2.11. The minimum absolute atomic E-state index is 0.397. The van der Waals surface area contributed by atoms with Crippen molar-refractivity contribution in [2.75, 3.05) is 12.5 Å². The number of fused-ring (bicyclic) bond motifs is 1. The van der Waals surface area contributed by atoms with Crippen LogP contribution < -0.4 is 15.8 Å². The zero-order chi connectivity index (χ0) is 19.5. The number of anilines is 1. The van der Waals surface area contributed by atoms with E-state index in [9.17, 15) is 4.79 Å². The summed E-state index contributed by atoms with van der Waals surface area (Å²) < 4.78 is 11.5. The summed E-state index contributed by atoms with van der Waals surface area (Å²) in [6.07, 6.45) is 3.31. The summed E-state index contributed by atoms with van der Waals surface area (Å²) in [6.45, 7) is 0. The maximum atomic E-state index is 12.3. The van der Waals surface area contributed by atoms with Crippen LogP contribution in [0.1, 0.15) is 5.56 Å². The van der Waals surface area contributed by atoms with E-state index in [1.165, 1.54) is 11.3 Å².